The topological polar surface area (TPSA) is 21.3 Å². The highest BCUT2D eigenvalue weighted by molar-refractivity contribution is 6.30. The van der Waals surface area contributed by atoms with Crippen LogP contribution in [-0.4, -0.2) is 7.05 Å². The highest BCUT2D eigenvalue weighted by Crippen LogP contribution is 2.33. The lowest BCUT2D eigenvalue weighted by molar-refractivity contribution is 0.306. The third-order valence-electron chi connectivity index (χ3n) is 3.86. The van der Waals surface area contributed by atoms with Gasteiger partial charge in [-0.1, -0.05) is 29.8 Å². The Labute approximate surface area is 124 Å². The third-order valence-corrected chi connectivity index (χ3v) is 4.11. The van der Waals surface area contributed by atoms with Crippen LogP contribution in [0.15, 0.2) is 42.5 Å². The fraction of sp³-hybridized carbons (Fsp3) is 0.294. The normalized spacial score (nSPS) is 17.0. The van der Waals surface area contributed by atoms with E-state index in [9.17, 15) is 0 Å². The summed E-state index contributed by atoms with van der Waals surface area (Å²) >= 11 is 5.87. The molecule has 2 nitrogen and oxygen atoms in total. The second-order valence-corrected chi connectivity index (χ2v) is 5.59. The molecule has 0 amide bonds. The molecule has 0 radical (unpaired) electrons. The van der Waals surface area contributed by atoms with E-state index in [0.717, 1.165) is 22.8 Å². The summed E-state index contributed by atoms with van der Waals surface area (Å²) in [6, 6.07) is 14.7. The van der Waals surface area contributed by atoms with E-state index in [4.69, 9.17) is 16.3 Å². The molecule has 0 saturated heterocycles. The zero-order chi connectivity index (χ0) is 13.9. The molecular weight excluding hydrogens is 270 g/mol. The molecule has 1 unspecified atom stereocenters. The molecule has 1 atom stereocenters. The number of hydrogen-bond donors (Lipinski definition) is 1. The minimum atomic E-state index is 0.496. The lowest BCUT2D eigenvalue weighted by Gasteiger charge is -2.11. The fourth-order valence-corrected chi connectivity index (χ4v) is 2.86. The number of aryl methyl sites for hydroxylation is 1. The van der Waals surface area contributed by atoms with Crippen LogP contribution < -0.4 is 10.1 Å². The summed E-state index contributed by atoms with van der Waals surface area (Å²) in [6.07, 6.45) is 2.30. The lowest BCUT2D eigenvalue weighted by atomic mass is 10.1. The van der Waals surface area contributed by atoms with Gasteiger partial charge in [-0.3, -0.25) is 0 Å². The Hall–Kier alpha value is -1.51. The van der Waals surface area contributed by atoms with E-state index < -0.39 is 0 Å². The average molecular weight is 288 g/mol. The van der Waals surface area contributed by atoms with Crippen molar-refractivity contribution in [3.8, 4) is 5.75 Å². The van der Waals surface area contributed by atoms with Crippen molar-refractivity contribution in [2.24, 2.45) is 0 Å². The van der Waals surface area contributed by atoms with E-state index in [-0.39, 0.29) is 0 Å². The molecule has 0 spiro atoms. The number of ether oxygens (including phenoxy) is 1. The molecule has 0 aromatic heterocycles. The summed E-state index contributed by atoms with van der Waals surface area (Å²) in [5.41, 5.74) is 3.94. The van der Waals surface area contributed by atoms with E-state index in [2.05, 4.69) is 23.5 Å². The van der Waals surface area contributed by atoms with Gasteiger partial charge in [0.2, 0.25) is 0 Å². The number of benzene rings is 2. The Kier molecular flexibility index (Phi) is 3.95. The molecule has 3 rings (SSSR count). The van der Waals surface area contributed by atoms with Crippen molar-refractivity contribution in [3.63, 3.8) is 0 Å². The largest absolute Gasteiger partial charge is 0.489 e. The van der Waals surface area contributed by atoms with Crippen molar-refractivity contribution >= 4 is 11.6 Å². The summed E-state index contributed by atoms with van der Waals surface area (Å²) in [7, 11) is 2.02. The van der Waals surface area contributed by atoms with Gasteiger partial charge < -0.3 is 10.1 Å². The van der Waals surface area contributed by atoms with Crippen molar-refractivity contribution in [1.29, 1.82) is 0 Å². The monoisotopic (exact) mass is 287 g/mol. The van der Waals surface area contributed by atoms with Gasteiger partial charge >= 0.3 is 0 Å². The van der Waals surface area contributed by atoms with Gasteiger partial charge in [-0.25, -0.2) is 0 Å². The summed E-state index contributed by atoms with van der Waals surface area (Å²) < 4.78 is 5.86. The van der Waals surface area contributed by atoms with Gasteiger partial charge in [0.15, 0.2) is 0 Å². The van der Waals surface area contributed by atoms with Gasteiger partial charge in [-0.2, -0.15) is 0 Å². The SMILES string of the molecule is CNC1CCc2cc(OCc3ccc(Cl)cc3)ccc21. The van der Waals surface area contributed by atoms with E-state index in [0.29, 0.717) is 12.6 Å². The predicted molar refractivity (Wildman–Crippen MR) is 82.3 cm³/mol. The first-order valence-corrected chi connectivity index (χ1v) is 7.31. The Bertz CT molecular complexity index is 594. The van der Waals surface area contributed by atoms with E-state index >= 15 is 0 Å². The molecule has 20 heavy (non-hydrogen) atoms. The predicted octanol–water partition coefficient (Wildman–Crippen LogP) is 4.13. The fourth-order valence-electron chi connectivity index (χ4n) is 2.73. The number of rotatable bonds is 4. The van der Waals surface area contributed by atoms with Crippen molar-refractivity contribution in [2.45, 2.75) is 25.5 Å². The number of fused-ring (bicyclic) bond motifs is 1. The minimum Gasteiger partial charge on any atom is -0.489 e. The standard InChI is InChI=1S/C17H18ClNO/c1-19-17-9-4-13-10-15(7-8-16(13)17)20-11-12-2-5-14(18)6-3-12/h2-3,5-8,10,17,19H,4,9,11H2,1H3. The zero-order valence-corrected chi connectivity index (χ0v) is 12.3. The molecule has 3 heteroatoms. The summed E-state index contributed by atoms with van der Waals surface area (Å²) in [5, 5.41) is 4.10. The molecule has 2 aromatic carbocycles. The van der Waals surface area contributed by atoms with Crippen LogP contribution in [0.25, 0.3) is 0 Å². The van der Waals surface area contributed by atoms with Crippen molar-refractivity contribution in [3.05, 3.63) is 64.2 Å². The van der Waals surface area contributed by atoms with Crippen LogP contribution in [0.3, 0.4) is 0 Å². The zero-order valence-electron chi connectivity index (χ0n) is 11.5. The molecule has 1 aliphatic carbocycles. The molecule has 2 aromatic rings. The van der Waals surface area contributed by atoms with Crippen LogP contribution in [0.5, 0.6) is 5.75 Å². The number of nitrogens with one attached hydrogen (secondary N) is 1. The molecule has 104 valence electrons. The maximum Gasteiger partial charge on any atom is 0.120 e. The van der Waals surface area contributed by atoms with Crippen LogP contribution >= 0.6 is 11.6 Å². The first-order chi connectivity index (χ1) is 9.76. The van der Waals surface area contributed by atoms with Crippen molar-refractivity contribution in [1.82, 2.24) is 5.32 Å². The third kappa shape index (κ3) is 2.82. The molecule has 0 saturated carbocycles. The molecule has 1 aliphatic rings. The molecular formula is C17H18ClNO. The molecule has 0 aliphatic heterocycles. The summed E-state index contributed by atoms with van der Waals surface area (Å²) in [4.78, 5) is 0. The molecule has 0 heterocycles. The molecule has 1 N–H and O–H groups in total. The van der Waals surface area contributed by atoms with Gasteiger partial charge in [-0.15, -0.1) is 0 Å². The van der Waals surface area contributed by atoms with Gasteiger partial charge in [0.1, 0.15) is 12.4 Å². The van der Waals surface area contributed by atoms with Crippen LogP contribution in [0, 0.1) is 0 Å². The maximum atomic E-state index is 5.87. The first-order valence-electron chi connectivity index (χ1n) is 6.93. The number of halogens is 1. The molecule has 0 fully saturated rings. The van der Waals surface area contributed by atoms with Crippen LogP contribution in [0.2, 0.25) is 5.02 Å². The highest BCUT2D eigenvalue weighted by atomic mass is 35.5. The number of hydrogen-bond acceptors (Lipinski definition) is 2. The molecule has 0 bridgehead atoms. The summed E-state index contributed by atoms with van der Waals surface area (Å²) in [6.45, 7) is 0.575. The van der Waals surface area contributed by atoms with Crippen LogP contribution in [0.1, 0.15) is 29.2 Å². The first kappa shape index (κ1) is 13.5. The quantitative estimate of drug-likeness (QED) is 0.913. The Balaban J connectivity index is 1.68. The lowest BCUT2D eigenvalue weighted by Crippen LogP contribution is -2.12. The second kappa shape index (κ2) is 5.86. The van der Waals surface area contributed by atoms with Gasteiger partial charge in [-0.05, 0) is 60.8 Å². The van der Waals surface area contributed by atoms with Gasteiger partial charge in [0.25, 0.3) is 0 Å². The highest BCUT2D eigenvalue weighted by Gasteiger charge is 2.20. The van der Waals surface area contributed by atoms with E-state index in [1.807, 2.05) is 31.3 Å². The van der Waals surface area contributed by atoms with Crippen molar-refractivity contribution in [2.75, 3.05) is 7.05 Å². The maximum absolute atomic E-state index is 5.87. The van der Waals surface area contributed by atoms with Gasteiger partial charge in [0, 0.05) is 11.1 Å². The second-order valence-electron chi connectivity index (χ2n) is 5.16. The Morgan fingerprint density at radius 2 is 2.00 bits per heavy atom. The van der Waals surface area contributed by atoms with E-state index in [1.54, 1.807) is 0 Å². The van der Waals surface area contributed by atoms with Crippen LogP contribution in [-0.2, 0) is 13.0 Å². The minimum absolute atomic E-state index is 0.496. The van der Waals surface area contributed by atoms with Gasteiger partial charge in [0.05, 0.1) is 0 Å². The van der Waals surface area contributed by atoms with E-state index in [1.165, 1.54) is 17.5 Å². The average Bonchev–Trinajstić information content (AvgIpc) is 2.89. The van der Waals surface area contributed by atoms with Crippen LogP contribution in [0.4, 0.5) is 0 Å². The smallest absolute Gasteiger partial charge is 0.120 e. The Morgan fingerprint density at radius 3 is 2.75 bits per heavy atom. The van der Waals surface area contributed by atoms with Crippen molar-refractivity contribution < 1.29 is 4.74 Å². The Morgan fingerprint density at radius 1 is 1.20 bits per heavy atom. The summed E-state index contributed by atoms with van der Waals surface area (Å²) in [5.74, 6) is 0.940.